The lowest BCUT2D eigenvalue weighted by Gasteiger charge is -2.25. The predicted octanol–water partition coefficient (Wildman–Crippen LogP) is 2.53. The summed E-state index contributed by atoms with van der Waals surface area (Å²) in [6, 6.07) is 10.4. The number of rotatable bonds is 6. The minimum Gasteiger partial charge on any atom is -0.377 e. The number of nitrogens with zero attached hydrogens (tertiary/aromatic N) is 6. The molecule has 32 heavy (non-hydrogen) atoms. The van der Waals surface area contributed by atoms with Crippen LogP contribution in [0.4, 0.5) is 0 Å². The van der Waals surface area contributed by atoms with Crippen molar-refractivity contribution in [2.45, 2.75) is 52.4 Å². The van der Waals surface area contributed by atoms with Gasteiger partial charge in [-0.1, -0.05) is 18.2 Å². The van der Waals surface area contributed by atoms with Crippen molar-refractivity contribution in [3.63, 3.8) is 0 Å². The van der Waals surface area contributed by atoms with E-state index in [1.54, 1.807) is 14.2 Å². The van der Waals surface area contributed by atoms with Crippen LogP contribution in [0.5, 0.6) is 0 Å². The first-order valence-corrected chi connectivity index (χ1v) is 10.6. The van der Waals surface area contributed by atoms with Gasteiger partial charge in [-0.2, -0.15) is 10.2 Å². The molecule has 1 unspecified atom stereocenters. The molecular weight excluding hydrogens is 519 g/mol. The molecule has 0 saturated carbocycles. The maximum Gasteiger partial charge on any atom is 0.191 e. The number of hydrogen-bond acceptors (Lipinski definition) is 5. The number of aryl methyl sites for hydroxylation is 2. The zero-order valence-electron chi connectivity index (χ0n) is 19.0. The average Bonchev–Trinajstić information content (AvgIpc) is 3.31. The van der Waals surface area contributed by atoms with Crippen molar-refractivity contribution in [2.24, 2.45) is 4.99 Å². The number of para-hydroxylation sites is 1. The Hall–Kier alpha value is -2.47. The molecule has 1 atom stereocenters. The second kappa shape index (κ2) is 10.9. The summed E-state index contributed by atoms with van der Waals surface area (Å²) in [5, 5.41) is 16.2. The zero-order valence-corrected chi connectivity index (χ0v) is 21.3. The molecule has 2 N–H and O–H groups in total. The molecule has 172 valence electrons. The van der Waals surface area contributed by atoms with Crippen LogP contribution in [0.15, 0.2) is 35.3 Å². The number of fused-ring (bicyclic) bond motifs is 1. The molecule has 0 amide bonds. The molecule has 1 aliphatic rings. The van der Waals surface area contributed by atoms with Gasteiger partial charge >= 0.3 is 0 Å². The Labute approximate surface area is 205 Å². The van der Waals surface area contributed by atoms with Crippen LogP contribution < -0.4 is 10.6 Å². The fourth-order valence-corrected chi connectivity index (χ4v) is 3.98. The third-order valence-corrected chi connectivity index (χ3v) is 5.61. The lowest BCUT2D eigenvalue weighted by atomic mass is 10.1. The van der Waals surface area contributed by atoms with Crippen molar-refractivity contribution >= 4 is 29.9 Å². The number of methoxy groups -OCH3 is 1. The minimum absolute atomic E-state index is 0. The average molecular weight is 550 g/mol. The van der Waals surface area contributed by atoms with Gasteiger partial charge in [0, 0.05) is 44.4 Å². The summed E-state index contributed by atoms with van der Waals surface area (Å²) in [5.41, 5.74) is 4.39. The van der Waals surface area contributed by atoms with Gasteiger partial charge in [0.25, 0.3) is 0 Å². The molecule has 10 heteroatoms. The van der Waals surface area contributed by atoms with Crippen molar-refractivity contribution in [1.82, 2.24) is 35.2 Å². The second-order valence-corrected chi connectivity index (χ2v) is 7.76. The molecule has 0 saturated heterocycles. The van der Waals surface area contributed by atoms with Crippen LogP contribution in [0.2, 0.25) is 0 Å². The number of benzene rings is 1. The van der Waals surface area contributed by atoms with Gasteiger partial charge in [0.15, 0.2) is 11.8 Å². The highest BCUT2D eigenvalue weighted by molar-refractivity contribution is 14.0. The number of guanidine groups is 1. The number of aromatic nitrogens is 5. The van der Waals surface area contributed by atoms with Gasteiger partial charge in [-0.3, -0.25) is 4.99 Å². The fraction of sp³-hybridized carbons (Fsp3) is 0.455. The smallest absolute Gasteiger partial charge is 0.191 e. The Morgan fingerprint density at radius 3 is 2.72 bits per heavy atom. The van der Waals surface area contributed by atoms with Crippen LogP contribution in [-0.4, -0.2) is 50.7 Å². The van der Waals surface area contributed by atoms with Crippen molar-refractivity contribution in [3.8, 4) is 5.69 Å². The monoisotopic (exact) mass is 550 g/mol. The number of ether oxygens (including phenoxy) is 1. The Balaban J connectivity index is 0.00000289. The summed E-state index contributed by atoms with van der Waals surface area (Å²) in [6.07, 6.45) is 1.86. The quantitative estimate of drug-likeness (QED) is 0.279. The van der Waals surface area contributed by atoms with Gasteiger partial charge < -0.3 is 15.4 Å². The number of halogens is 1. The summed E-state index contributed by atoms with van der Waals surface area (Å²) < 4.78 is 9.11. The molecule has 3 aromatic rings. The number of aliphatic imine (C=N–C) groups is 1. The van der Waals surface area contributed by atoms with E-state index < -0.39 is 0 Å². The summed E-state index contributed by atoms with van der Waals surface area (Å²) >= 11 is 0. The third kappa shape index (κ3) is 5.29. The van der Waals surface area contributed by atoms with Crippen molar-refractivity contribution in [3.05, 3.63) is 58.9 Å². The van der Waals surface area contributed by atoms with Gasteiger partial charge in [0.1, 0.15) is 12.4 Å². The van der Waals surface area contributed by atoms with Gasteiger partial charge in [0.05, 0.1) is 17.9 Å². The van der Waals surface area contributed by atoms with E-state index in [-0.39, 0.29) is 30.0 Å². The van der Waals surface area contributed by atoms with Crippen LogP contribution in [0.25, 0.3) is 5.69 Å². The normalized spacial score (nSPS) is 15.8. The molecule has 0 spiro atoms. The molecule has 0 bridgehead atoms. The fourth-order valence-electron chi connectivity index (χ4n) is 3.98. The first-order valence-electron chi connectivity index (χ1n) is 10.6. The minimum atomic E-state index is 0. The Bertz CT molecular complexity index is 1060. The standard InChI is InChI=1S/C22H30N8O.HI/c1-15-19(16(2)30(27-15)18-8-6-5-7-9-18)12-24-22(23-3)25-17-10-11-21-26-20(14-31-4)28-29(21)13-17;/h5-9,17H,10-14H2,1-4H3,(H2,23,24,25);1H. The SMILES string of the molecule is CN=C(NCc1c(C)nn(-c2ccccc2)c1C)NC1CCc2nc(COC)nn2C1.I. The lowest BCUT2D eigenvalue weighted by Crippen LogP contribution is -2.46. The maximum absolute atomic E-state index is 5.15. The van der Waals surface area contributed by atoms with Crippen molar-refractivity contribution in [1.29, 1.82) is 0 Å². The van der Waals surface area contributed by atoms with Gasteiger partial charge in [-0.05, 0) is 32.4 Å². The van der Waals surface area contributed by atoms with Gasteiger partial charge in [0.2, 0.25) is 0 Å². The predicted molar refractivity (Wildman–Crippen MR) is 135 cm³/mol. The summed E-state index contributed by atoms with van der Waals surface area (Å²) in [7, 11) is 3.45. The van der Waals surface area contributed by atoms with Crippen molar-refractivity contribution < 1.29 is 4.74 Å². The van der Waals surface area contributed by atoms with E-state index in [1.165, 1.54) is 5.56 Å². The Morgan fingerprint density at radius 2 is 2.00 bits per heavy atom. The Kier molecular flexibility index (Phi) is 8.24. The van der Waals surface area contributed by atoms with Crippen LogP contribution in [0, 0.1) is 13.8 Å². The largest absolute Gasteiger partial charge is 0.377 e. The summed E-state index contributed by atoms with van der Waals surface area (Å²) in [4.78, 5) is 8.95. The van der Waals surface area contributed by atoms with E-state index >= 15 is 0 Å². The summed E-state index contributed by atoms with van der Waals surface area (Å²) in [5.74, 6) is 2.53. The van der Waals surface area contributed by atoms with Gasteiger partial charge in [-0.15, -0.1) is 24.0 Å². The first kappa shape index (κ1) is 24.2. The Morgan fingerprint density at radius 1 is 1.22 bits per heavy atom. The van der Waals surface area contributed by atoms with E-state index in [0.29, 0.717) is 13.2 Å². The van der Waals surface area contributed by atoms with Crippen LogP contribution in [-0.2, 0) is 30.9 Å². The molecule has 0 radical (unpaired) electrons. The van der Waals surface area contributed by atoms with Gasteiger partial charge in [-0.25, -0.2) is 14.3 Å². The molecule has 0 aliphatic carbocycles. The zero-order chi connectivity index (χ0) is 21.8. The lowest BCUT2D eigenvalue weighted by molar-refractivity contribution is 0.177. The van der Waals surface area contributed by atoms with Crippen LogP contribution in [0.1, 0.15) is 35.0 Å². The molecule has 1 aromatic carbocycles. The number of hydrogen-bond donors (Lipinski definition) is 2. The third-order valence-electron chi connectivity index (χ3n) is 5.61. The molecule has 2 aromatic heterocycles. The highest BCUT2D eigenvalue weighted by Crippen LogP contribution is 2.18. The topological polar surface area (TPSA) is 94.2 Å². The van der Waals surface area contributed by atoms with Crippen molar-refractivity contribution in [2.75, 3.05) is 14.2 Å². The van der Waals surface area contributed by atoms with Crippen LogP contribution in [0.3, 0.4) is 0 Å². The maximum atomic E-state index is 5.15. The molecule has 9 nitrogen and oxygen atoms in total. The van der Waals surface area contributed by atoms with Crippen LogP contribution >= 0.6 is 24.0 Å². The molecular formula is C22H31IN8O. The highest BCUT2D eigenvalue weighted by atomic mass is 127. The highest BCUT2D eigenvalue weighted by Gasteiger charge is 2.22. The van der Waals surface area contributed by atoms with E-state index in [2.05, 4.69) is 44.8 Å². The first-order chi connectivity index (χ1) is 15.1. The van der Waals surface area contributed by atoms with E-state index in [9.17, 15) is 0 Å². The van der Waals surface area contributed by atoms with E-state index in [0.717, 1.165) is 54.1 Å². The van der Waals surface area contributed by atoms with E-state index in [1.807, 2.05) is 34.5 Å². The molecule has 1 aliphatic heterocycles. The molecule has 3 heterocycles. The molecule has 0 fully saturated rings. The number of nitrogens with one attached hydrogen (secondary N) is 2. The second-order valence-electron chi connectivity index (χ2n) is 7.76. The van der Waals surface area contributed by atoms with E-state index in [4.69, 9.17) is 9.84 Å². The summed E-state index contributed by atoms with van der Waals surface area (Å²) in [6.45, 7) is 6.01. The molecule has 4 rings (SSSR count).